The Bertz CT molecular complexity index is 1120. The summed E-state index contributed by atoms with van der Waals surface area (Å²) in [5.41, 5.74) is 5.40. The maximum atomic E-state index is 4.83. The summed E-state index contributed by atoms with van der Waals surface area (Å²) >= 11 is 0. The topological polar surface area (TPSA) is 58.0 Å². The lowest BCUT2D eigenvalue weighted by Gasteiger charge is -2.17. The van der Waals surface area contributed by atoms with Crippen LogP contribution in [0, 0.1) is 0 Å². The van der Waals surface area contributed by atoms with Crippen LogP contribution in [0.3, 0.4) is 0 Å². The van der Waals surface area contributed by atoms with Crippen molar-refractivity contribution >= 4 is 39.9 Å². The van der Waals surface area contributed by atoms with Crippen molar-refractivity contribution in [3.63, 3.8) is 0 Å². The molecule has 0 atom stereocenters. The van der Waals surface area contributed by atoms with E-state index < -0.39 is 0 Å². The lowest BCUT2D eigenvalue weighted by atomic mass is 10.2. The molecule has 0 radical (unpaired) electrons. The molecule has 2 N–H and O–H groups in total. The number of nitrogens with one attached hydrogen (secondary N) is 2. The van der Waals surface area contributed by atoms with Gasteiger partial charge in [-0.05, 0) is 55.5 Å². The van der Waals surface area contributed by atoms with E-state index in [4.69, 9.17) is 4.98 Å². The molecule has 0 saturated carbocycles. The molecule has 0 amide bonds. The monoisotopic (exact) mass is 370 g/mol. The molecule has 1 aliphatic rings. The van der Waals surface area contributed by atoms with Gasteiger partial charge in [0.25, 0.3) is 0 Å². The molecule has 5 rings (SSSR count). The zero-order valence-corrected chi connectivity index (χ0v) is 15.8. The van der Waals surface area contributed by atoms with Crippen LogP contribution >= 0.6 is 0 Å². The molecule has 2 aromatic heterocycles. The minimum Gasteiger partial charge on any atom is -0.382 e. The Balaban J connectivity index is 1.40. The van der Waals surface area contributed by atoms with E-state index in [-0.39, 0.29) is 0 Å². The number of fused-ring (bicyclic) bond motifs is 3. The van der Waals surface area contributed by atoms with Gasteiger partial charge in [-0.15, -0.1) is 0 Å². The number of anilines is 5. The Morgan fingerprint density at radius 2 is 1.82 bits per heavy atom. The van der Waals surface area contributed by atoms with Crippen molar-refractivity contribution in [2.24, 2.45) is 0 Å². The molecule has 0 aliphatic carbocycles. The second-order valence-electron chi connectivity index (χ2n) is 6.81. The van der Waals surface area contributed by atoms with Gasteiger partial charge in [0.1, 0.15) is 0 Å². The predicted molar refractivity (Wildman–Crippen MR) is 115 cm³/mol. The van der Waals surface area contributed by atoms with Gasteiger partial charge >= 0.3 is 0 Å². The summed E-state index contributed by atoms with van der Waals surface area (Å²) in [6, 6.07) is 20.7. The van der Waals surface area contributed by atoms with Crippen LogP contribution in [0.5, 0.6) is 0 Å². The summed E-state index contributed by atoms with van der Waals surface area (Å²) in [6.07, 6.45) is 1.80. The van der Waals surface area contributed by atoms with Gasteiger partial charge in [0.2, 0.25) is 5.95 Å². The first-order valence-corrected chi connectivity index (χ1v) is 9.62. The van der Waals surface area contributed by atoms with E-state index >= 15 is 0 Å². The third-order valence-corrected chi connectivity index (χ3v) is 5.04. The highest BCUT2D eigenvalue weighted by Crippen LogP contribution is 2.33. The maximum absolute atomic E-state index is 4.83. The molecule has 3 heterocycles. The van der Waals surface area contributed by atoms with Crippen LogP contribution in [0.1, 0.15) is 6.92 Å². The van der Waals surface area contributed by atoms with E-state index in [9.17, 15) is 0 Å². The van der Waals surface area contributed by atoms with Crippen molar-refractivity contribution in [3.05, 3.63) is 66.9 Å². The fourth-order valence-electron chi connectivity index (χ4n) is 3.73. The third-order valence-electron chi connectivity index (χ3n) is 5.04. The average molecular weight is 370 g/mol. The van der Waals surface area contributed by atoms with E-state index in [1.807, 2.05) is 18.2 Å². The van der Waals surface area contributed by atoms with Gasteiger partial charge in [-0.2, -0.15) is 0 Å². The molecule has 4 aromatic rings. The van der Waals surface area contributed by atoms with Crippen LogP contribution in [0.25, 0.3) is 11.0 Å². The number of pyridine rings is 1. The van der Waals surface area contributed by atoms with Gasteiger partial charge in [0.05, 0.1) is 16.7 Å². The highest BCUT2D eigenvalue weighted by atomic mass is 15.4. The predicted octanol–water partition coefficient (Wildman–Crippen LogP) is 4.76. The van der Waals surface area contributed by atoms with Crippen LogP contribution in [0.4, 0.5) is 28.8 Å². The minimum absolute atomic E-state index is 0.833. The van der Waals surface area contributed by atoms with E-state index in [0.717, 1.165) is 54.0 Å². The molecule has 6 heteroatoms. The molecule has 140 valence electrons. The molecule has 1 aliphatic heterocycles. The minimum atomic E-state index is 0.833. The van der Waals surface area contributed by atoms with Crippen molar-refractivity contribution in [1.82, 2.24) is 14.5 Å². The van der Waals surface area contributed by atoms with Gasteiger partial charge in [-0.1, -0.05) is 12.1 Å². The van der Waals surface area contributed by atoms with E-state index in [2.05, 4.69) is 74.5 Å². The molecule has 6 nitrogen and oxygen atoms in total. The van der Waals surface area contributed by atoms with Crippen molar-refractivity contribution in [2.75, 3.05) is 28.6 Å². The van der Waals surface area contributed by atoms with Crippen LogP contribution in [-0.2, 0) is 6.54 Å². The highest BCUT2D eigenvalue weighted by Gasteiger charge is 2.24. The lowest BCUT2D eigenvalue weighted by Crippen LogP contribution is -2.14. The number of rotatable bonds is 5. The molecular weight excluding hydrogens is 348 g/mol. The Hall–Kier alpha value is -3.54. The van der Waals surface area contributed by atoms with Gasteiger partial charge in [0, 0.05) is 37.2 Å². The summed E-state index contributed by atoms with van der Waals surface area (Å²) < 4.78 is 2.29. The van der Waals surface area contributed by atoms with E-state index in [0.29, 0.717) is 0 Å². The first kappa shape index (κ1) is 16.6. The zero-order chi connectivity index (χ0) is 18.9. The fraction of sp³-hybridized carbons (Fsp3) is 0.182. The number of benzene rings is 2. The average Bonchev–Trinajstić information content (AvgIpc) is 3.30. The van der Waals surface area contributed by atoms with E-state index in [1.54, 1.807) is 6.20 Å². The van der Waals surface area contributed by atoms with Crippen molar-refractivity contribution in [2.45, 2.75) is 13.5 Å². The quantitative estimate of drug-likeness (QED) is 0.530. The Labute approximate surface area is 163 Å². The Morgan fingerprint density at radius 1 is 0.964 bits per heavy atom. The molecule has 2 aromatic carbocycles. The summed E-state index contributed by atoms with van der Waals surface area (Å²) in [7, 11) is 0. The molecular formula is C22H22N6. The van der Waals surface area contributed by atoms with Crippen LogP contribution in [-0.4, -0.2) is 27.6 Å². The Kier molecular flexibility index (Phi) is 4.09. The highest BCUT2D eigenvalue weighted by molar-refractivity contribution is 5.81. The van der Waals surface area contributed by atoms with Crippen molar-refractivity contribution in [3.8, 4) is 0 Å². The summed E-state index contributed by atoms with van der Waals surface area (Å²) in [6.45, 7) is 4.82. The number of aromatic nitrogens is 3. The molecule has 0 bridgehead atoms. The molecule has 0 spiro atoms. The molecule has 0 unspecified atom stereocenters. The lowest BCUT2D eigenvalue weighted by molar-refractivity contribution is 0.825. The smallest absolute Gasteiger partial charge is 0.211 e. The number of nitrogens with zero attached hydrogens (tertiary/aromatic N) is 4. The second kappa shape index (κ2) is 6.88. The number of para-hydroxylation sites is 2. The Morgan fingerprint density at radius 3 is 2.68 bits per heavy atom. The number of imidazole rings is 1. The van der Waals surface area contributed by atoms with Gasteiger partial charge in [-0.3, -0.25) is 0 Å². The van der Waals surface area contributed by atoms with Crippen LogP contribution < -0.4 is 15.5 Å². The van der Waals surface area contributed by atoms with Crippen molar-refractivity contribution in [1.29, 1.82) is 0 Å². The summed E-state index contributed by atoms with van der Waals surface area (Å²) in [4.78, 5) is 11.5. The third kappa shape index (κ3) is 2.83. The maximum Gasteiger partial charge on any atom is 0.211 e. The van der Waals surface area contributed by atoms with Gasteiger partial charge in [-0.25, -0.2) is 9.97 Å². The van der Waals surface area contributed by atoms with Crippen LogP contribution in [0.2, 0.25) is 0 Å². The first-order chi connectivity index (χ1) is 13.8. The van der Waals surface area contributed by atoms with Gasteiger partial charge in [0.15, 0.2) is 5.82 Å². The number of hydrogen-bond donors (Lipinski definition) is 2. The van der Waals surface area contributed by atoms with Gasteiger partial charge < -0.3 is 20.1 Å². The summed E-state index contributed by atoms with van der Waals surface area (Å²) in [5.74, 6) is 1.85. The van der Waals surface area contributed by atoms with Crippen LogP contribution in [0.15, 0.2) is 66.9 Å². The number of hydrogen-bond acceptors (Lipinski definition) is 5. The summed E-state index contributed by atoms with van der Waals surface area (Å²) in [5, 5.41) is 6.73. The van der Waals surface area contributed by atoms with Crippen molar-refractivity contribution < 1.29 is 0 Å². The normalized spacial score (nSPS) is 13.0. The molecule has 28 heavy (non-hydrogen) atoms. The molecule has 0 saturated heterocycles. The largest absolute Gasteiger partial charge is 0.382 e. The SMILES string of the molecule is CCNc1cccnc1Nc1ccc(N2CCn3c2nc2ccccc23)cc1. The standard InChI is InChI=1S/C22H22N6/c1-2-23-19-7-5-13-24-21(19)25-16-9-11-17(12-10-16)27-14-15-28-20-8-4-3-6-18(20)26-22(27)28/h3-13,23H,2,14-15H2,1H3,(H,24,25). The van der Waals surface area contributed by atoms with E-state index in [1.165, 1.54) is 5.52 Å². The second-order valence-corrected chi connectivity index (χ2v) is 6.81. The first-order valence-electron chi connectivity index (χ1n) is 9.62. The fourth-order valence-corrected chi connectivity index (χ4v) is 3.73. The zero-order valence-electron chi connectivity index (χ0n) is 15.8. The molecule has 0 fully saturated rings.